The molecule has 0 aromatic heterocycles. The molecule has 1 fully saturated rings. The largest absolute Gasteiger partial charge is 0.491 e. The Balaban J connectivity index is 2.15. The summed E-state index contributed by atoms with van der Waals surface area (Å²) in [6.45, 7) is -1.60. The first-order valence-corrected chi connectivity index (χ1v) is 10.1. The molecule has 13 nitrogen and oxygen atoms in total. The number of aliphatic hydroxyl groups is 6. The van der Waals surface area contributed by atoms with Crippen LogP contribution in [-0.2, 0) is 23.8 Å². The van der Waals surface area contributed by atoms with Crippen LogP contribution >= 0.6 is 0 Å². The Morgan fingerprint density at radius 1 is 1.22 bits per heavy atom. The first-order chi connectivity index (χ1) is 15.0. The van der Waals surface area contributed by atoms with E-state index in [1.807, 2.05) is 0 Å². The number of aliphatic hydroxyl groups excluding tert-OH is 5. The molecule has 0 aromatic rings. The Labute approximate surface area is 183 Å². The quantitative estimate of drug-likeness (QED) is 0.149. The van der Waals surface area contributed by atoms with Crippen molar-refractivity contribution in [1.82, 2.24) is 5.32 Å². The van der Waals surface area contributed by atoms with Crippen LogP contribution in [0.5, 0.6) is 0 Å². The Kier molecular flexibility index (Phi) is 9.36. The highest BCUT2D eigenvalue weighted by molar-refractivity contribution is 5.95. The number of carbonyl (C=O) groups is 2. The molecule has 0 saturated carbocycles. The summed E-state index contributed by atoms with van der Waals surface area (Å²) in [5.74, 6) is -1.72. The lowest BCUT2D eigenvalue weighted by Crippen LogP contribution is -2.59. The van der Waals surface area contributed by atoms with E-state index in [1.165, 1.54) is 7.11 Å². The number of rotatable bonds is 11. The van der Waals surface area contributed by atoms with Crippen molar-refractivity contribution in [2.75, 3.05) is 26.9 Å². The van der Waals surface area contributed by atoms with Gasteiger partial charge in [-0.3, -0.25) is 9.59 Å². The lowest BCUT2D eigenvalue weighted by atomic mass is 9.86. The summed E-state index contributed by atoms with van der Waals surface area (Å²) in [6, 6.07) is -0.771. The fraction of sp³-hybridized carbons (Fsp3) is 0.789. The van der Waals surface area contributed by atoms with Crippen molar-refractivity contribution >= 4 is 11.8 Å². The highest BCUT2D eigenvalue weighted by Gasteiger charge is 2.44. The molecule has 0 bridgehead atoms. The second-order valence-corrected chi connectivity index (χ2v) is 7.98. The monoisotopic (exact) mass is 465 g/mol. The van der Waals surface area contributed by atoms with Gasteiger partial charge < -0.3 is 55.3 Å². The summed E-state index contributed by atoms with van der Waals surface area (Å²) in [6.07, 6.45) is -8.26. The van der Waals surface area contributed by atoms with E-state index in [0.717, 1.165) is 0 Å². The van der Waals surface area contributed by atoms with Crippen molar-refractivity contribution in [3.8, 4) is 0 Å². The van der Waals surface area contributed by atoms with E-state index in [4.69, 9.17) is 19.3 Å². The number of methoxy groups -OCH3 is 1. The van der Waals surface area contributed by atoms with E-state index >= 15 is 0 Å². The maximum Gasteiger partial charge on any atom is 0.303 e. The molecule has 0 radical (unpaired) electrons. The van der Waals surface area contributed by atoms with E-state index < -0.39 is 67.3 Å². The molecule has 32 heavy (non-hydrogen) atoms. The minimum Gasteiger partial charge on any atom is -0.491 e. The third kappa shape index (κ3) is 6.36. The maximum absolute atomic E-state index is 12.3. The van der Waals surface area contributed by atoms with Crippen molar-refractivity contribution in [2.24, 2.45) is 0 Å². The molecule has 1 heterocycles. The number of nitrogens with one attached hydrogen (secondary N) is 1. The molecule has 0 spiro atoms. The third-order valence-corrected chi connectivity index (χ3v) is 5.42. The zero-order chi connectivity index (χ0) is 24.1. The van der Waals surface area contributed by atoms with Gasteiger partial charge in [-0.2, -0.15) is 0 Å². The fourth-order valence-electron chi connectivity index (χ4n) is 3.64. The van der Waals surface area contributed by atoms with Crippen molar-refractivity contribution in [1.29, 1.82) is 0 Å². The Morgan fingerprint density at radius 2 is 1.91 bits per heavy atom. The molecule has 1 aliphatic heterocycles. The highest BCUT2D eigenvalue weighted by atomic mass is 16.7. The van der Waals surface area contributed by atoms with Crippen LogP contribution in [0.1, 0.15) is 25.7 Å². The van der Waals surface area contributed by atoms with Crippen LogP contribution < -0.4 is 5.32 Å². The molecular weight excluding hydrogens is 434 g/mol. The van der Waals surface area contributed by atoms with Gasteiger partial charge in [0.1, 0.15) is 30.0 Å². The molecule has 7 atom stereocenters. The standard InChI is InChI=1S/C19H31NO12/c1-30-17-10(4-19(29,8-22)5-11(17)23)20-9(2-3-13(24)25)7-31-18-16(28)15(27)14(26)12(6-21)32-18/h9,12,14-16,18,20-22,26-29H,2-8H2,1H3,(H,24,25). The van der Waals surface area contributed by atoms with Crippen molar-refractivity contribution in [2.45, 2.75) is 68.0 Å². The van der Waals surface area contributed by atoms with Gasteiger partial charge in [0.05, 0.1) is 38.7 Å². The molecular formula is C19H31NO12. The summed E-state index contributed by atoms with van der Waals surface area (Å²) in [5.41, 5.74) is -1.57. The minimum atomic E-state index is -1.71. The summed E-state index contributed by atoms with van der Waals surface area (Å²) < 4.78 is 15.9. The van der Waals surface area contributed by atoms with Crippen LogP contribution in [0.15, 0.2) is 11.5 Å². The van der Waals surface area contributed by atoms with Gasteiger partial charge in [0, 0.05) is 19.3 Å². The van der Waals surface area contributed by atoms with Crippen LogP contribution in [0.2, 0.25) is 0 Å². The number of carboxylic acids is 1. The molecule has 0 aromatic carbocycles. The third-order valence-electron chi connectivity index (χ3n) is 5.42. The number of hydrogen-bond donors (Lipinski definition) is 8. The average molecular weight is 465 g/mol. The fourth-order valence-corrected chi connectivity index (χ4v) is 3.64. The first kappa shape index (κ1) is 26.4. The SMILES string of the molecule is COC1=C(NC(CCC(=O)O)COC2OC(CO)C(O)C(O)C2O)CC(O)(CO)CC1=O. The van der Waals surface area contributed by atoms with E-state index in [2.05, 4.69) is 5.32 Å². The molecule has 13 heteroatoms. The molecule has 2 rings (SSSR count). The second-order valence-electron chi connectivity index (χ2n) is 7.98. The number of aliphatic carboxylic acids is 1. The molecule has 2 aliphatic rings. The van der Waals surface area contributed by atoms with Gasteiger partial charge in [0.15, 0.2) is 12.0 Å². The normalized spacial score (nSPS) is 34.3. The van der Waals surface area contributed by atoms with Crippen LogP contribution in [0.4, 0.5) is 0 Å². The van der Waals surface area contributed by atoms with Gasteiger partial charge in [-0.05, 0) is 6.42 Å². The number of ketones is 1. The average Bonchev–Trinajstić information content (AvgIpc) is 2.74. The first-order valence-electron chi connectivity index (χ1n) is 10.1. The number of Topliss-reactive ketones (excluding diaryl/α,β-unsaturated/α-hetero) is 1. The van der Waals surface area contributed by atoms with E-state index in [0.29, 0.717) is 0 Å². The van der Waals surface area contributed by atoms with Crippen LogP contribution in [0.25, 0.3) is 0 Å². The van der Waals surface area contributed by atoms with Gasteiger partial charge in [0.25, 0.3) is 0 Å². The zero-order valence-corrected chi connectivity index (χ0v) is 17.6. The number of allylic oxidation sites excluding steroid dienone is 1. The van der Waals surface area contributed by atoms with E-state index in [1.54, 1.807) is 0 Å². The molecule has 1 aliphatic carbocycles. The molecule has 184 valence electrons. The van der Waals surface area contributed by atoms with Gasteiger partial charge >= 0.3 is 5.97 Å². The second kappa shape index (κ2) is 11.3. The van der Waals surface area contributed by atoms with Crippen molar-refractivity contribution in [3.05, 3.63) is 11.5 Å². The van der Waals surface area contributed by atoms with Crippen LogP contribution in [0, 0.1) is 0 Å². The molecule has 1 saturated heterocycles. The van der Waals surface area contributed by atoms with Gasteiger partial charge in [-0.25, -0.2) is 0 Å². The smallest absolute Gasteiger partial charge is 0.303 e. The van der Waals surface area contributed by atoms with Crippen molar-refractivity contribution in [3.63, 3.8) is 0 Å². The Morgan fingerprint density at radius 3 is 2.47 bits per heavy atom. The molecule has 0 amide bonds. The van der Waals surface area contributed by atoms with Gasteiger partial charge in [-0.1, -0.05) is 0 Å². The number of hydrogen-bond acceptors (Lipinski definition) is 12. The summed E-state index contributed by atoms with van der Waals surface area (Å²) in [7, 11) is 1.26. The Bertz CT molecular complexity index is 698. The van der Waals surface area contributed by atoms with E-state index in [-0.39, 0.29) is 43.7 Å². The minimum absolute atomic E-state index is 0.000998. The van der Waals surface area contributed by atoms with Gasteiger partial charge in [0.2, 0.25) is 5.78 Å². The predicted molar refractivity (Wildman–Crippen MR) is 104 cm³/mol. The van der Waals surface area contributed by atoms with Crippen LogP contribution in [0.3, 0.4) is 0 Å². The van der Waals surface area contributed by atoms with Gasteiger partial charge in [-0.15, -0.1) is 0 Å². The van der Waals surface area contributed by atoms with Crippen molar-refractivity contribution < 1.29 is 59.5 Å². The lowest BCUT2D eigenvalue weighted by molar-refractivity contribution is -0.302. The Hall–Kier alpha value is -1.84. The number of ether oxygens (including phenoxy) is 3. The predicted octanol–water partition coefficient (Wildman–Crippen LogP) is -3.43. The molecule has 7 unspecified atom stereocenters. The van der Waals surface area contributed by atoms with E-state index in [9.17, 15) is 40.2 Å². The topological polar surface area (TPSA) is 215 Å². The summed E-state index contributed by atoms with van der Waals surface area (Å²) in [5, 5.41) is 70.9. The number of carbonyl (C=O) groups excluding carboxylic acids is 1. The number of carboxylic acid groups (broad SMARTS) is 1. The molecule has 8 N–H and O–H groups in total. The zero-order valence-electron chi connectivity index (χ0n) is 17.6. The lowest BCUT2D eigenvalue weighted by Gasteiger charge is -2.40. The summed E-state index contributed by atoms with van der Waals surface area (Å²) >= 11 is 0. The highest BCUT2D eigenvalue weighted by Crippen LogP contribution is 2.30. The summed E-state index contributed by atoms with van der Waals surface area (Å²) in [4.78, 5) is 23.3. The van der Waals surface area contributed by atoms with Crippen LogP contribution in [-0.4, -0.2) is 117 Å². The maximum atomic E-state index is 12.3.